The Balaban J connectivity index is 1.64. The van der Waals surface area contributed by atoms with Gasteiger partial charge in [0.2, 0.25) is 5.65 Å². The van der Waals surface area contributed by atoms with Crippen LogP contribution in [0.15, 0.2) is 59.8 Å². The second kappa shape index (κ2) is 6.90. The van der Waals surface area contributed by atoms with Crippen LogP contribution in [0.25, 0.3) is 11.2 Å². The van der Waals surface area contributed by atoms with Crippen molar-refractivity contribution in [2.24, 2.45) is 0 Å². The van der Waals surface area contributed by atoms with Crippen molar-refractivity contribution in [1.29, 1.82) is 0 Å². The van der Waals surface area contributed by atoms with E-state index in [0.29, 0.717) is 22.2 Å². The molecule has 124 valence electrons. The first-order valence-electron chi connectivity index (χ1n) is 7.78. The lowest BCUT2D eigenvalue weighted by Crippen LogP contribution is -1.96. The van der Waals surface area contributed by atoms with E-state index in [1.54, 1.807) is 0 Å². The van der Waals surface area contributed by atoms with Gasteiger partial charge in [-0.1, -0.05) is 65.5 Å². The number of thioether (sulfide) groups is 1. The second-order valence-electron chi connectivity index (χ2n) is 5.46. The quantitative estimate of drug-likeness (QED) is 0.431. The second-order valence-corrected chi connectivity index (χ2v) is 6.41. The molecule has 2 aromatic heterocycles. The molecule has 2 heterocycles. The molecule has 0 aliphatic rings. The first-order chi connectivity index (χ1) is 12.3. The monoisotopic (exact) mass is 349 g/mol. The van der Waals surface area contributed by atoms with E-state index in [1.165, 1.54) is 17.3 Å². The van der Waals surface area contributed by atoms with Gasteiger partial charge in [-0.3, -0.25) is 5.10 Å². The summed E-state index contributed by atoms with van der Waals surface area (Å²) in [6.07, 6.45) is 0. The first kappa shape index (κ1) is 15.6. The molecule has 4 rings (SSSR count). The molecule has 0 aliphatic carbocycles. The molecule has 0 radical (unpaired) electrons. The number of aryl methyl sites for hydroxylation is 1. The highest BCUT2D eigenvalue weighted by atomic mass is 32.2. The largest absolute Gasteiger partial charge is 0.437 e. The number of nitrogens with zero attached hydrogens (tertiary/aromatic N) is 4. The van der Waals surface area contributed by atoms with Crippen LogP contribution in [0.5, 0.6) is 11.6 Å². The van der Waals surface area contributed by atoms with E-state index in [4.69, 9.17) is 4.74 Å². The summed E-state index contributed by atoms with van der Waals surface area (Å²) in [4.78, 5) is 8.98. The third-order valence-electron chi connectivity index (χ3n) is 3.65. The SMILES string of the molecule is Cc1ccccc1Oc1nc(SCc2ccccc2)nc2nn[nH]c12. The van der Waals surface area contributed by atoms with Gasteiger partial charge in [0.25, 0.3) is 5.88 Å². The van der Waals surface area contributed by atoms with Crippen molar-refractivity contribution in [2.45, 2.75) is 17.8 Å². The Morgan fingerprint density at radius 2 is 1.80 bits per heavy atom. The average molecular weight is 349 g/mol. The molecule has 25 heavy (non-hydrogen) atoms. The fraction of sp³-hybridized carbons (Fsp3) is 0.111. The molecule has 7 heteroatoms. The third kappa shape index (κ3) is 3.46. The number of H-pyrrole nitrogens is 1. The van der Waals surface area contributed by atoms with E-state index in [1.807, 2.05) is 49.4 Å². The molecular weight excluding hydrogens is 334 g/mol. The summed E-state index contributed by atoms with van der Waals surface area (Å²) in [7, 11) is 0. The normalized spacial score (nSPS) is 10.9. The molecule has 0 amide bonds. The van der Waals surface area contributed by atoms with Crippen LogP contribution < -0.4 is 4.74 Å². The van der Waals surface area contributed by atoms with Crippen LogP contribution in [-0.2, 0) is 5.75 Å². The van der Waals surface area contributed by atoms with E-state index in [0.717, 1.165) is 17.1 Å². The highest BCUT2D eigenvalue weighted by molar-refractivity contribution is 7.98. The Morgan fingerprint density at radius 1 is 1.00 bits per heavy atom. The zero-order valence-corrected chi connectivity index (χ0v) is 14.3. The van der Waals surface area contributed by atoms with E-state index in [2.05, 4.69) is 37.5 Å². The van der Waals surface area contributed by atoms with E-state index in [-0.39, 0.29) is 0 Å². The number of aromatic nitrogens is 5. The first-order valence-corrected chi connectivity index (χ1v) is 8.77. The van der Waals surface area contributed by atoms with Crippen LogP contribution in [0.4, 0.5) is 0 Å². The fourth-order valence-corrected chi connectivity index (χ4v) is 3.12. The van der Waals surface area contributed by atoms with Crippen molar-refractivity contribution in [3.05, 3.63) is 65.7 Å². The van der Waals surface area contributed by atoms with Crippen LogP contribution in [-0.4, -0.2) is 25.4 Å². The number of rotatable bonds is 5. The van der Waals surface area contributed by atoms with Gasteiger partial charge in [-0.05, 0) is 24.1 Å². The van der Waals surface area contributed by atoms with Gasteiger partial charge >= 0.3 is 0 Å². The summed E-state index contributed by atoms with van der Waals surface area (Å²) in [5.41, 5.74) is 3.32. The standard InChI is InChI=1S/C18H15N5OS/c1-12-7-5-6-10-14(12)24-17-15-16(22-23-21-15)19-18(20-17)25-11-13-8-3-2-4-9-13/h2-10H,11H2,1H3,(H,19,20,21,22,23). The Hall–Kier alpha value is -2.93. The van der Waals surface area contributed by atoms with Crippen molar-refractivity contribution in [2.75, 3.05) is 0 Å². The van der Waals surface area contributed by atoms with E-state index >= 15 is 0 Å². The van der Waals surface area contributed by atoms with E-state index in [9.17, 15) is 0 Å². The van der Waals surface area contributed by atoms with Crippen LogP contribution in [0.3, 0.4) is 0 Å². The van der Waals surface area contributed by atoms with Crippen LogP contribution >= 0.6 is 11.8 Å². The van der Waals surface area contributed by atoms with Crippen LogP contribution in [0, 0.1) is 6.92 Å². The van der Waals surface area contributed by atoms with Crippen molar-refractivity contribution >= 4 is 22.9 Å². The van der Waals surface area contributed by atoms with Gasteiger partial charge in [-0.25, -0.2) is 0 Å². The minimum Gasteiger partial charge on any atom is -0.437 e. The van der Waals surface area contributed by atoms with Gasteiger partial charge in [0.1, 0.15) is 5.75 Å². The lowest BCUT2D eigenvalue weighted by atomic mass is 10.2. The van der Waals surface area contributed by atoms with Gasteiger partial charge in [-0.2, -0.15) is 9.97 Å². The molecule has 0 saturated carbocycles. The summed E-state index contributed by atoms with van der Waals surface area (Å²) in [6.45, 7) is 1.99. The van der Waals surface area contributed by atoms with Crippen molar-refractivity contribution in [3.8, 4) is 11.6 Å². The van der Waals surface area contributed by atoms with Gasteiger partial charge in [-0.15, -0.1) is 5.10 Å². The molecule has 0 spiro atoms. The summed E-state index contributed by atoms with van der Waals surface area (Å²) >= 11 is 1.54. The molecule has 0 saturated heterocycles. The summed E-state index contributed by atoms with van der Waals surface area (Å²) in [5.74, 6) is 1.95. The number of fused-ring (bicyclic) bond motifs is 1. The topological polar surface area (TPSA) is 76.6 Å². The smallest absolute Gasteiger partial charge is 0.251 e. The Kier molecular flexibility index (Phi) is 4.30. The predicted octanol–water partition coefficient (Wildman–Crippen LogP) is 4.14. The highest BCUT2D eigenvalue weighted by Gasteiger charge is 2.14. The number of hydrogen-bond acceptors (Lipinski definition) is 6. The van der Waals surface area contributed by atoms with Crippen molar-refractivity contribution < 1.29 is 4.74 Å². The maximum atomic E-state index is 6.00. The number of aromatic amines is 1. The van der Waals surface area contributed by atoms with Crippen LogP contribution in [0.1, 0.15) is 11.1 Å². The number of ether oxygens (including phenoxy) is 1. The molecular formula is C18H15N5OS. The fourth-order valence-electron chi connectivity index (χ4n) is 2.34. The minimum absolute atomic E-state index is 0.430. The molecule has 2 aromatic carbocycles. The molecule has 0 unspecified atom stereocenters. The minimum atomic E-state index is 0.430. The predicted molar refractivity (Wildman–Crippen MR) is 96.7 cm³/mol. The zero-order chi connectivity index (χ0) is 17.1. The highest BCUT2D eigenvalue weighted by Crippen LogP contribution is 2.30. The summed E-state index contributed by atoms with van der Waals surface area (Å²) in [5, 5.41) is 11.2. The summed E-state index contributed by atoms with van der Waals surface area (Å²) in [6, 6.07) is 18.0. The molecule has 6 nitrogen and oxygen atoms in total. The Morgan fingerprint density at radius 3 is 2.64 bits per heavy atom. The lowest BCUT2D eigenvalue weighted by molar-refractivity contribution is 0.458. The molecule has 1 N–H and O–H groups in total. The summed E-state index contributed by atoms with van der Waals surface area (Å²) < 4.78 is 6.00. The van der Waals surface area contributed by atoms with Crippen molar-refractivity contribution in [1.82, 2.24) is 25.4 Å². The maximum Gasteiger partial charge on any atom is 0.251 e. The maximum absolute atomic E-state index is 6.00. The average Bonchev–Trinajstić information content (AvgIpc) is 3.12. The Bertz CT molecular complexity index is 1000. The van der Waals surface area contributed by atoms with Gasteiger partial charge < -0.3 is 4.74 Å². The van der Waals surface area contributed by atoms with Crippen molar-refractivity contribution in [3.63, 3.8) is 0 Å². The number of hydrogen-bond donors (Lipinski definition) is 1. The van der Waals surface area contributed by atoms with Gasteiger partial charge in [0, 0.05) is 5.75 Å². The Labute approximate surface area is 148 Å². The van der Waals surface area contributed by atoms with Crippen LogP contribution in [0.2, 0.25) is 0 Å². The third-order valence-corrected chi connectivity index (χ3v) is 4.57. The number of para-hydroxylation sites is 1. The number of benzene rings is 2. The zero-order valence-electron chi connectivity index (χ0n) is 13.5. The van der Waals surface area contributed by atoms with Gasteiger partial charge in [0.05, 0.1) is 0 Å². The lowest BCUT2D eigenvalue weighted by Gasteiger charge is -2.09. The van der Waals surface area contributed by atoms with Gasteiger partial charge in [0.15, 0.2) is 10.7 Å². The number of nitrogens with one attached hydrogen (secondary N) is 1. The molecule has 4 aromatic rings. The van der Waals surface area contributed by atoms with E-state index < -0.39 is 0 Å². The molecule has 0 aliphatic heterocycles. The molecule has 0 bridgehead atoms. The molecule has 0 atom stereocenters. The molecule has 0 fully saturated rings.